The van der Waals surface area contributed by atoms with Gasteiger partial charge in [-0.3, -0.25) is 24.0 Å². The van der Waals surface area contributed by atoms with Gasteiger partial charge < -0.3 is 19.7 Å². The summed E-state index contributed by atoms with van der Waals surface area (Å²) in [5.74, 6) is 0.872. The Kier molecular flexibility index (Phi) is 12.8. The number of piperidine rings is 4. The van der Waals surface area contributed by atoms with Gasteiger partial charge in [-0.2, -0.15) is 31.6 Å². The number of hydrogen-bond donors (Lipinski definition) is 2. The second-order valence-electron chi connectivity index (χ2n) is 18.2. The molecule has 1 unspecified atom stereocenters. The van der Waals surface area contributed by atoms with Crippen molar-refractivity contribution in [1.29, 1.82) is 0 Å². The van der Waals surface area contributed by atoms with Crippen LogP contribution in [0.2, 0.25) is 0 Å². The van der Waals surface area contributed by atoms with Crippen LogP contribution in [-0.2, 0) is 31.6 Å². The SMILES string of the molecule is CCOC(C)n1cc(-c2ncn3nc(NC4CCN(S(=O)(=O)N5CCC(CN6CCC(c7cccc8c7n(C)c(=O)n8[C@H]7CCC(=O)NC7=O)CC6)CC5)CC4)nc3c2OC(C)C)cn1. The second kappa shape index (κ2) is 18.6. The third-order valence-electron chi connectivity index (χ3n) is 13.6. The number of nitrogens with zero attached hydrogens (tertiary/aromatic N) is 11. The van der Waals surface area contributed by atoms with Crippen molar-refractivity contribution in [3.05, 3.63) is 53.0 Å². The van der Waals surface area contributed by atoms with Gasteiger partial charge in [-0.25, -0.2) is 14.5 Å². The Morgan fingerprint density at radius 1 is 0.938 bits per heavy atom. The first-order chi connectivity index (χ1) is 31.3. The Bertz CT molecular complexity index is 2700. The molecule has 2 atom stereocenters. The van der Waals surface area contributed by atoms with E-state index in [0.29, 0.717) is 81.0 Å². The molecule has 8 heterocycles. The normalized spacial score (nSPS) is 21.2. The summed E-state index contributed by atoms with van der Waals surface area (Å²) in [6, 6.07) is 5.24. The van der Waals surface area contributed by atoms with Crippen LogP contribution in [-0.4, -0.2) is 137 Å². The Hall–Kier alpha value is -5.22. The van der Waals surface area contributed by atoms with E-state index in [-0.39, 0.29) is 42.3 Å². The van der Waals surface area contributed by atoms with Crippen molar-refractivity contribution in [2.45, 2.75) is 109 Å². The molecule has 0 bridgehead atoms. The number of carbonyl (C=O) groups is 2. The number of carbonyl (C=O) groups excluding carboxylic acids is 2. The van der Waals surface area contributed by atoms with Crippen LogP contribution in [0.25, 0.3) is 27.9 Å². The zero-order chi connectivity index (χ0) is 45.6. The van der Waals surface area contributed by atoms with E-state index in [1.807, 2.05) is 46.0 Å². The molecule has 4 saturated heterocycles. The fourth-order valence-corrected chi connectivity index (χ4v) is 11.8. The number of aryl methyl sites for hydroxylation is 1. The predicted molar refractivity (Wildman–Crippen MR) is 243 cm³/mol. The quantitative estimate of drug-likeness (QED) is 0.153. The Morgan fingerprint density at radius 3 is 2.35 bits per heavy atom. The number of anilines is 1. The van der Waals surface area contributed by atoms with Crippen molar-refractivity contribution in [2.24, 2.45) is 13.0 Å². The lowest BCUT2D eigenvalue weighted by Gasteiger charge is -2.39. The van der Waals surface area contributed by atoms with Crippen molar-refractivity contribution in [3.63, 3.8) is 0 Å². The van der Waals surface area contributed by atoms with Crippen LogP contribution in [0, 0.1) is 5.92 Å². The highest BCUT2D eigenvalue weighted by atomic mass is 32.2. The van der Waals surface area contributed by atoms with Crippen molar-refractivity contribution in [3.8, 4) is 17.0 Å². The van der Waals surface area contributed by atoms with Gasteiger partial charge in [0.1, 0.15) is 24.3 Å². The number of imide groups is 1. The largest absolute Gasteiger partial charge is 0.485 e. The minimum Gasteiger partial charge on any atom is -0.485 e. The smallest absolute Gasteiger partial charge is 0.329 e. The first-order valence-corrected chi connectivity index (χ1v) is 24.5. The molecule has 4 aromatic heterocycles. The molecule has 0 spiro atoms. The number of imidazole rings is 1. The monoisotopic (exact) mass is 915 g/mol. The molecule has 4 fully saturated rings. The van der Waals surface area contributed by atoms with Crippen molar-refractivity contribution in [1.82, 2.24) is 57.3 Å². The third-order valence-corrected chi connectivity index (χ3v) is 15.6. The fourth-order valence-electron chi connectivity index (χ4n) is 10.1. The van der Waals surface area contributed by atoms with E-state index in [4.69, 9.17) is 14.5 Å². The summed E-state index contributed by atoms with van der Waals surface area (Å²) >= 11 is 0. The number of para-hydroxylation sites is 1. The van der Waals surface area contributed by atoms with Gasteiger partial charge in [0.2, 0.25) is 23.4 Å². The summed E-state index contributed by atoms with van der Waals surface area (Å²) in [4.78, 5) is 50.0. The molecule has 21 heteroatoms. The van der Waals surface area contributed by atoms with Crippen LogP contribution in [0.4, 0.5) is 5.95 Å². The van der Waals surface area contributed by atoms with Crippen LogP contribution < -0.4 is 21.1 Å². The average molecular weight is 916 g/mol. The summed E-state index contributed by atoms with van der Waals surface area (Å²) < 4.78 is 49.6. The summed E-state index contributed by atoms with van der Waals surface area (Å²) in [5, 5.41) is 15.0. The van der Waals surface area contributed by atoms with E-state index >= 15 is 0 Å². The molecule has 2 amide bonds. The van der Waals surface area contributed by atoms with E-state index in [1.54, 1.807) is 46.5 Å². The average Bonchev–Trinajstić information content (AvgIpc) is 4.01. The van der Waals surface area contributed by atoms with Crippen molar-refractivity contribution in [2.75, 3.05) is 57.7 Å². The highest BCUT2D eigenvalue weighted by molar-refractivity contribution is 7.86. The van der Waals surface area contributed by atoms with Gasteiger partial charge in [-0.05, 0) is 109 Å². The molecule has 2 N–H and O–H groups in total. The number of rotatable bonds is 14. The first kappa shape index (κ1) is 45.0. The highest BCUT2D eigenvalue weighted by Gasteiger charge is 2.37. The van der Waals surface area contributed by atoms with Gasteiger partial charge in [0.25, 0.3) is 10.2 Å². The maximum absolute atomic E-state index is 13.9. The summed E-state index contributed by atoms with van der Waals surface area (Å²) in [5.41, 5.74) is 4.34. The van der Waals surface area contributed by atoms with Crippen LogP contribution in [0.3, 0.4) is 0 Å². The maximum atomic E-state index is 13.9. The number of benzene rings is 1. The molecule has 20 nitrogen and oxygen atoms in total. The standard InChI is InChI=1S/C44H61N13O7S/c1-6-63-29(4)55-26-32(24-46-55)38-40(64-28(2)3)41-49-43(50-56(41)27-45-38)47-33-16-22-54(23-17-33)65(61,62)53-20-12-30(13-21-53)25-52-18-14-31(15-19-52)34-8-7-9-35-39(34)51(5)44(60)57(35)36-10-11-37(58)48-42(36)59/h7-9,24,26-31,33,36H,6,10-23,25H2,1-5H3,(H,47,50)(H,48,58,59)/t29?,36-/m0/s1. The van der Waals surface area contributed by atoms with Gasteiger partial charge in [0.15, 0.2) is 5.75 Å². The Balaban J connectivity index is 0.761. The number of amides is 2. The number of nitrogens with one attached hydrogen (secondary N) is 2. The molecule has 0 saturated carbocycles. The lowest BCUT2D eigenvalue weighted by atomic mass is 9.87. The highest BCUT2D eigenvalue weighted by Crippen LogP contribution is 2.36. The van der Waals surface area contributed by atoms with E-state index in [1.165, 1.54) is 0 Å². The Morgan fingerprint density at radius 2 is 1.66 bits per heavy atom. The van der Waals surface area contributed by atoms with E-state index in [0.717, 1.165) is 67.5 Å². The van der Waals surface area contributed by atoms with Crippen LogP contribution >= 0.6 is 0 Å². The van der Waals surface area contributed by atoms with Crippen LogP contribution in [0.5, 0.6) is 5.75 Å². The first-order valence-electron chi connectivity index (χ1n) is 23.1. The molecule has 0 radical (unpaired) electrons. The number of ether oxygens (including phenoxy) is 2. The minimum absolute atomic E-state index is 0.00680. The predicted octanol–water partition coefficient (Wildman–Crippen LogP) is 3.67. The summed E-state index contributed by atoms with van der Waals surface area (Å²) in [6.45, 7) is 12.9. The van der Waals surface area contributed by atoms with E-state index < -0.39 is 22.2 Å². The minimum atomic E-state index is -3.60. The molecule has 1 aromatic carbocycles. The second-order valence-corrected chi connectivity index (χ2v) is 20.1. The number of aromatic nitrogens is 8. The molecular formula is C44H61N13O7S. The van der Waals surface area contributed by atoms with Gasteiger partial charge in [-0.15, -0.1) is 5.10 Å². The summed E-state index contributed by atoms with van der Waals surface area (Å²) in [7, 11) is -1.84. The zero-order valence-electron chi connectivity index (χ0n) is 37.9. The molecule has 4 aliphatic rings. The van der Waals surface area contributed by atoms with Gasteiger partial charge in [0, 0.05) is 70.6 Å². The third kappa shape index (κ3) is 9.04. The molecule has 0 aliphatic carbocycles. The van der Waals surface area contributed by atoms with E-state index in [9.17, 15) is 22.8 Å². The number of hydrogen-bond acceptors (Lipinski definition) is 13. The van der Waals surface area contributed by atoms with Crippen molar-refractivity contribution >= 4 is 44.7 Å². The zero-order valence-corrected chi connectivity index (χ0v) is 38.7. The lowest BCUT2D eigenvalue weighted by Crippen LogP contribution is -2.51. The number of fused-ring (bicyclic) bond motifs is 2. The molecular weight excluding hydrogens is 855 g/mol. The molecule has 5 aromatic rings. The van der Waals surface area contributed by atoms with E-state index in [2.05, 4.69) is 36.8 Å². The number of likely N-dealkylation sites (tertiary alicyclic amines) is 1. The topological polar surface area (TPSA) is 208 Å². The molecule has 350 valence electrons. The molecule has 4 aliphatic heterocycles. The fraction of sp³-hybridized carbons (Fsp3) is 0.614. The lowest BCUT2D eigenvalue weighted by molar-refractivity contribution is -0.135. The van der Waals surface area contributed by atoms with Gasteiger partial charge >= 0.3 is 5.69 Å². The Labute approximate surface area is 378 Å². The summed E-state index contributed by atoms with van der Waals surface area (Å²) in [6.07, 6.45) is 10.1. The molecule has 65 heavy (non-hydrogen) atoms. The van der Waals surface area contributed by atoms with Gasteiger partial charge in [-0.1, -0.05) is 12.1 Å². The van der Waals surface area contributed by atoms with Crippen LogP contribution in [0.1, 0.15) is 103 Å². The van der Waals surface area contributed by atoms with Crippen LogP contribution in [0.15, 0.2) is 41.7 Å². The van der Waals surface area contributed by atoms with Crippen molar-refractivity contribution < 1.29 is 27.5 Å². The molecule has 9 rings (SSSR count). The van der Waals surface area contributed by atoms with Gasteiger partial charge in [0.05, 0.1) is 23.3 Å². The maximum Gasteiger partial charge on any atom is 0.329 e.